The van der Waals surface area contributed by atoms with Gasteiger partial charge in [-0.05, 0) is 43.0 Å². The second-order valence-electron chi connectivity index (χ2n) is 3.63. The van der Waals surface area contributed by atoms with Crippen LogP contribution in [0.2, 0.25) is 0 Å². The molecule has 1 aromatic rings. The fraction of sp³-hybridized carbons (Fsp3) is 0.462. The number of hydrogen-bond donors (Lipinski definition) is 0. The first kappa shape index (κ1) is 14.7. The fourth-order valence-electron chi connectivity index (χ4n) is 1.59. The summed E-state index contributed by atoms with van der Waals surface area (Å²) in [5.41, 5.74) is 3.09. The van der Waals surface area contributed by atoms with E-state index in [1.807, 2.05) is 25.1 Å². The van der Waals surface area contributed by atoms with Gasteiger partial charge in [-0.1, -0.05) is 37.9 Å². The maximum absolute atomic E-state index is 11.6. The summed E-state index contributed by atoms with van der Waals surface area (Å²) >= 11 is 6.89. The van der Waals surface area contributed by atoms with Gasteiger partial charge in [0.2, 0.25) is 0 Å². The van der Waals surface area contributed by atoms with Crippen molar-refractivity contribution in [1.29, 1.82) is 0 Å². The van der Waals surface area contributed by atoms with E-state index in [1.54, 1.807) is 0 Å². The highest BCUT2D eigenvalue weighted by molar-refractivity contribution is 9.09. The molecule has 0 aliphatic carbocycles. The molecule has 0 aliphatic rings. The van der Waals surface area contributed by atoms with Crippen LogP contribution in [0.15, 0.2) is 18.2 Å². The van der Waals surface area contributed by atoms with Crippen molar-refractivity contribution >= 4 is 37.8 Å². The Morgan fingerprint density at radius 2 is 2.06 bits per heavy atom. The molecule has 0 spiro atoms. The van der Waals surface area contributed by atoms with Gasteiger partial charge < -0.3 is 4.74 Å². The van der Waals surface area contributed by atoms with E-state index in [0.29, 0.717) is 12.2 Å². The van der Waals surface area contributed by atoms with Crippen molar-refractivity contribution in [2.24, 2.45) is 0 Å². The number of carbonyl (C=O) groups excluding carboxylic acids is 1. The minimum Gasteiger partial charge on any atom is -0.462 e. The largest absolute Gasteiger partial charge is 0.462 e. The van der Waals surface area contributed by atoms with Crippen molar-refractivity contribution in [3.8, 4) is 0 Å². The Balaban J connectivity index is 2.91. The van der Waals surface area contributed by atoms with Crippen LogP contribution in [0.3, 0.4) is 0 Å². The van der Waals surface area contributed by atoms with E-state index >= 15 is 0 Å². The molecule has 1 aromatic carbocycles. The average Bonchev–Trinajstić information content (AvgIpc) is 2.36. The van der Waals surface area contributed by atoms with Gasteiger partial charge in [0.15, 0.2) is 0 Å². The van der Waals surface area contributed by atoms with Crippen molar-refractivity contribution in [2.45, 2.75) is 25.1 Å². The molecule has 0 atom stereocenters. The summed E-state index contributed by atoms with van der Waals surface area (Å²) in [6.07, 6.45) is 2.03. The number of benzene rings is 1. The van der Waals surface area contributed by atoms with E-state index < -0.39 is 0 Å². The molecular weight excluding hydrogens is 348 g/mol. The van der Waals surface area contributed by atoms with Gasteiger partial charge in [0.25, 0.3) is 0 Å². The molecule has 94 valence electrons. The number of ether oxygens (including phenoxy) is 1. The van der Waals surface area contributed by atoms with Crippen LogP contribution in [0.5, 0.6) is 0 Å². The van der Waals surface area contributed by atoms with Crippen molar-refractivity contribution < 1.29 is 9.53 Å². The van der Waals surface area contributed by atoms with Crippen molar-refractivity contribution in [3.63, 3.8) is 0 Å². The summed E-state index contributed by atoms with van der Waals surface area (Å²) in [5.74, 6) is -0.242. The van der Waals surface area contributed by atoms with Gasteiger partial charge in [0, 0.05) is 10.7 Å². The summed E-state index contributed by atoms with van der Waals surface area (Å²) in [6.45, 7) is 2.23. The fourth-order valence-corrected chi connectivity index (χ4v) is 2.42. The maximum Gasteiger partial charge on any atom is 0.338 e. The zero-order valence-electron chi connectivity index (χ0n) is 9.84. The quantitative estimate of drug-likeness (QED) is 0.562. The zero-order chi connectivity index (χ0) is 12.7. The van der Waals surface area contributed by atoms with Gasteiger partial charge >= 0.3 is 5.97 Å². The Labute approximate surface area is 119 Å². The highest BCUT2D eigenvalue weighted by atomic mass is 79.9. The lowest BCUT2D eigenvalue weighted by Crippen LogP contribution is -2.06. The Hall–Kier alpha value is -0.350. The number of alkyl halides is 2. The molecule has 0 aliphatic heterocycles. The van der Waals surface area contributed by atoms with Crippen molar-refractivity contribution in [2.75, 3.05) is 11.9 Å². The third-order valence-electron chi connectivity index (χ3n) is 2.44. The lowest BCUT2D eigenvalue weighted by molar-refractivity contribution is 0.0526. The molecule has 0 radical (unpaired) electrons. The molecular formula is C13H16Br2O2. The molecule has 17 heavy (non-hydrogen) atoms. The number of rotatable bonds is 6. The van der Waals surface area contributed by atoms with E-state index in [1.165, 1.54) is 11.1 Å². The van der Waals surface area contributed by atoms with Gasteiger partial charge in [-0.3, -0.25) is 0 Å². The Bertz CT molecular complexity index is 378. The zero-order valence-corrected chi connectivity index (χ0v) is 13.0. The average molecular weight is 364 g/mol. The lowest BCUT2D eigenvalue weighted by atomic mass is 10.0. The highest BCUT2D eigenvalue weighted by Gasteiger charge is 2.09. The minimum absolute atomic E-state index is 0.242. The first-order chi connectivity index (χ1) is 8.22. The van der Waals surface area contributed by atoms with Gasteiger partial charge in [-0.2, -0.15) is 0 Å². The maximum atomic E-state index is 11.6. The molecule has 2 nitrogen and oxygen atoms in total. The lowest BCUT2D eigenvalue weighted by Gasteiger charge is -2.09. The van der Waals surface area contributed by atoms with Crippen LogP contribution >= 0.6 is 31.9 Å². The predicted molar refractivity (Wildman–Crippen MR) is 77.1 cm³/mol. The summed E-state index contributed by atoms with van der Waals surface area (Å²) in [4.78, 5) is 11.6. The molecule has 0 amide bonds. The summed E-state index contributed by atoms with van der Waals surface area (Å²) in [7, 11) is 0. The van der Waals surface area contributed by atoms with Crippen LogP contribution < -0.4 is 0 Å². The summed E-state index contributed by atoms with van der Waals surface area (Å²) in [5, 5.41) is 1.78. The van der Waals surface area contributed by atoms with Crippen LogP contribution in [-0.2, 0) is 16.5 Å². The topological polar surface area (TPSA) is 26.3 Å². The van der Waals surface area contributed by atoms with Crippen LogP contribution in [0.4, 0.5) is 0 Å². The first-order valence-corrected chi connectivity index (χ1v) is 7.88. The summed E-state index contributed by atoms with van der Waals surface area (Å²) in [6, 6.07) is 5.76. The molecule has 0 aromatic heterocycles. The van der Waals surface area contributed by atoms with Crippen LogP contribution in [-0.4, -0.2) is 17.9 Å². The molecule has 0 saturated heterocycles. The Morgan fingerprint density at radius 3 is 2.65 bits per heavy atom. The molecule has 0 unspecified atom stereocenters. The number of aryl methyl sites for hydroxylation is 1. The number of esters is 1. The van der Waals surface area contributed by atoms with E-state index in [0.717, 1.165) is 23.5 Å². The second kappa shape index (κ2) is 7.88. The third kappa shape index (κ3) is 4.43. The van der Waals surface area contributed by atoms with Crippen LogP contribution in [0, 0.1) is 0 Å². The number of carbonyl (C=O) groups is 1. The van der Waals surface area contributed by atoms with Gasteiger partial charge in [-0.15, -0.1) is 0 Å². The van der Waals surface area contributed by atoms with Gasteiger partial charge in [-0.25, -0.2) is 4.79 Å². The van der Waals surface area contributed by atoms with E-state index in [9.17, 15) is 4.79 Å². The molecule has 1 rings (SSSR count). The third-order valence-corrected chi connectivity index (χ3v) is 3.61. The van der Waals surface area contributed by atoms with E-state index in [2.05, 4.69) is 31.9 Å². The molecule has 4 heteroatoms. The highest BCUT2D eigenvalue weighted by Crippen LogP contribution is 2.18. The molecule has 0 bridgehead atoms. The van der Waals surface area contributed by atoms with E-state index in [4.69, 9.17) is 4.74 Å². The Kier molecular flexibility index (Phi) is 6.82. The first-order valence-electron chi connectivity index (χ1n) is 5.63. The SMILES string of the molecule is CCOC(=O)c1ccc(CBr)c(CCCBr)c1. The van der Waals surface area contributed by atoms with Crippen molar-refractivity contribution in [3.05, 3.63) is 34.9 Å². The number of hydrogen-bond acceptors (Lipinski definition) is 2. The number of halogens is 2. The Morgan fingerprint density at radius 1 is 1.29 bits per heavy atom. The minimum atomic E-state index is -0.242. The van der Waals surface area contributed by atoms with E-state index in [-0.39, 0.29) is 5.97 Å². The van der Waals surface area contributed by atoms with Crippen LogP contribution in [0.1, 0.15) is 34.8 Å². The normalized spacial score (nSPS) is 10.3. The molecule has 0 saturated carbocycles. The standard InChI is InChI=1S/C13H16Br2O2/c1-2-17-13(16)11-5-6-12(9-15)10(8-11)4-3-7-14/h5-6,8H,2-4,7,9H2,1H3. The monoisotopic (exact) mass is 362 g/mol. The molecule has 0 fully saturated rings. The van der Waals surface area contributed by atoms with Gasteiger partial charge in [0.1, 0.15) is 0 Å². The van der Waals surface area contributed by atoms with Crippen molar-refractivity contribution in [1.82, 2.24) is 0 Å². The second-order valence-corrected chi connectivity index (χ2v) is 4.98. The van der Waals surface area contributed by atoms with Gasteiger partial charge in [0.05, 0.1) is 12.2 Å². The molecule has 0 N–H and O–H groups in total. The van der Waals surface area contributed by atoms with Crippen LogP contribution in [0.25, 0.3) is 0 Å². The molecule has 0 heterocycles. The smallest absolute Gasteiger partial charge is 0.338 e. The predicted octanol–water partition coefficient (Wildman–Crippen LogP) is 4.09. The summed E-state index contributed by atoms with van der Waals surface area (Å²) < 4.78 is 5.00.